The van der Waals surface area contributed by atoms with Crippen LogP contribution in [0.25, 0.3) is 0 Å². The predicted molar refractivity (Wildman–Crippen MR) is 90.6 cm³/mol. The maximum atomic E-state index is 5.48. The number of rotatable bonds is 5. The second-order valence-corrected chi connectivity index (χ2v) is 5.82. The van der Waals surface area contributed by atoms with E-state index >= 15 is 0 Å². The van der Waals surface area contributed by atoms with Crippen LogP contribution in [0.4, 0.5) is 0 Å². The van der Waals surface area contributed by atoms with Gasteiger partial charge in [0.05, 0.1) is 0 Å². The van der Waals surface area contributed by atoms with Crippen molar-refractivity contribution < 1.29 is 0 Å². The van der Waals surface area contributed by atoms with Crippen LogP contribution in [-0.2, 0) is 0 Å². The van der Waals surface area contributed by atoms with Crippen molar-refractivity contribution in [2.45, 2.75) is 47.0 Å². The quantitative estimate of drug-likeness (QED) is 0.693. The second kappa shape index (κ2) is 8.76. The third-order valence-corrected chi connectivity index (χ3v) is 3.90. The second-order valence-electron chi connectivity index (χ2n) is 5.82. The minimum Gasteiger partial charge on any atom is -0.327 e. The summed E-state index contributed by atoms with van der Waals surface area (Å²) in [6.45, 7) is 9.42. The molecular formula is C19H29N. The Morgan fingerprint density at radius 3 is 2.65 bits per heavy atom. The molecule has 0 saturated heterocycles. The fourth-order valence-electron chi connectivity index (χ4n) is 2.58. The third-order valence-electron chi connectivity index (χ3n) is 3.90. The van der Waals surface area contributed by atoms with Crippen molar-refractivity contribution >= 4 is 0 Å². The van der Waals surface area contributed by atoms with Gasteiger partial charge in [-0.05, 0) is 51.5 Å². The van der Waals surface area contributed by atoms with Gasteiger partial charge in [-0.2, -0.15) is 0 Å². The van der Waals surface area contributed by atoms with Gasteiger partial charge in [-0.1, -0.05) is 60.1 Å². The lowest BCUT2D eigenvalue weighted by Gasteiger charge is -2.22. The Morgan fingerprint density at radius 1 is 1.25 bits per heavy atom. The molecule has 1 atom stereocenters. The maximum absolute atomic E-state index is 5.48. The normalized spacial score (nSPS) is 22.4. The highest BCUT2D eigenvalue weighted by atomic mass is 14.5. The maximum Gasteiger partial charge on any atom is 0.0112 e. The largest absolute Gasteiger partial charge is 0.327 e. The van der Waals surface area contributed by atoms with E-state index in [2.05, 4.69) is 58.1 Å². The molecule has 0 aliphatic heterocycles. The Hall–Kier alpha value is -1.34. The summed E-state index contributed by atoms with van der Waals surface area (Å²) < 4.78 is 0. The first-order valence-electron chi connectivity index (χ1n) is 7.64. The molecular weight excluding hydrogens is 242 g/mol. The highest BCUT2D eigenvalue weighted by Crippen LogP contribution is 2.30. The molecule has 20 heavy (non-hydrogen) atoms. The average Bonchev–Trinajstić information content (AvgIpc) is 2.38. The van der Waals surface area contributed by atoms with Crippen molar-refractivity contribution in [1.82, 2.24) is 0 Å². The van der Waals surface area contributed by atoms with E-state index < -0.39 is 0 Å². The smallest absolute Gasteiger partial charge is 0.0112 e. The SMILES string of the molecule is CC1=C(/C=C/C(C)=C/C=C/C(C)=C\CN)C(C)CCC1. The molecule has 0 saturated carbocycles. The van der Waals surface area contributed by atoms with Gasteiger partial charge in [0, 0.05) is 6.54 Å². The molecule has 1 aliphatic rings. The summed E-state index contributed by atoms with van der Waals surface area (Å²) in [5.74, 6) is 0.707. The van der Waals surface area contributed by atoms with Gasteiger partial charge in [0.15, 0.2) is 0 Å². The lowest BCUT2D eigenvalue weighted by molar-refractivity contribution is 0.546. The first-order valence-corrected chi connectivity index (χ1v) is 7.64. The molecule has 1 aliphatic carbocycles. The molecule has 0 radical (unpaired) electrons. The van der Waals surface area contributed by atoms with Gasteiger partial charge in [0.25, 0.3) is 0 Å². The molecule has 0 amide bonds. The summed E-state index contributed by atoms with van der Waals surface area (Å²) in [4.78, 5) is 0. The van der Waals surface area contributed by atoms with Gasteiger partial charge in [-0.15, -0.1) is 0 Å². The molecule has 1 unspecified atom stereocenters. The van der Waals surface area contributed by atoms with Crippen LogP contribution in [0.3, 0.4) is 0 Å². The fourth-order valence-corrected chi connectivity index (χ4v) is 2.58. The Balaban J connectivity index is 2.67. The van der Waals surface area contributed by atoms with E-state index in [-0.39, 0.29) is 0 Å². The van der Waals surface area contributed by atoms with Gasteiger partial charge in [0.1, 0.15) is 0 Å². The van der Waals surface area contributed by atoms with Crippen LogP contribution >= 0.6 is 0 Å². The van der Waals surface area contributed by atoms with Crippen LogP contribution in [-0.4, -0.2) is 6.54 Å². The molecule has 1 heteroatoms. The summed E-state index contributed by atoms with van der Waals surface area (Å²) in [5.41, 5.74) is 11.1. The average molecular weight is 271 g/mol. The topological polar surface area (TPSA) is 26.0 Å². The third kappa shape index (κ3) is 5.75. The summed E-state index contributed by atoms with van der Waals surface area (Å²) in [7, 11) is 0. The minimum atomic E-state index is 0.601. The van der Waals surface area contributed by atoms with Crippen molar-refractivity contribution in [2.24, 2.45) is 11.7 Å². The zero-order valence-corrected chi connectivity index (χ0v) is 13.4. The van der Waals surface area contributed by atoms with E-state index in [4.69, 9.17) is 5.73 Å². The highest BCUT2D eigenvalue weighted by Gasteiger charge is 2.14. The van der Waals surface area contributed by atoms with E-state index in [1.54, 1.807) is 5.57 Å². The standard InChI is InChI=1S/C19H29N/c1-15(7-5-8-16(2)13-14-20)11-12-19-17(3)9-6-10-18(19)4/h5,7-8,11-13,17H,6,9-10,14,20H2,1-4H3/b8-5+,12-11+,15-7+,16-13-. The molecule has 0 spiro atoms. The Bertz CT molecular complexity index is 458. The van der Waals surface area contributed by atoms with E-state index in [0.29, 0.717) is 12.5 Å². The van der Waals surface area contributed by atoms with Crippen LogP contribution in [0.15, 0.2) is 58.7 Å². The number of nitrogens with two attached hydrogens (primary N) is 1. The van der Waals surface area contributed by atoms with E-state index in [1.165, 1.54) is 36.0 Å². The molecule has 0 fully saturated rings. The summed E-state index contributed by atoms with van der Waals surface area (Å²) in [5, 5.41) is 0. The molecule has 0 aromatic rings. The van der Waals surface area contributed by atoms with E-state index in [9.17, 15) is 0 Å². The molecule has 1 rings (SSSR count). The molecule has 110 valence electrons. The Morgan fingerprint density at radius 2 is 2.00 bits per heavy atom. The Kier molecular flexibility index (Phi) is 7.32. The zero-order valence-electron chi connectivity index (χ0n) is 13.4. The molecule has 0 bridgehead atoms. The molecule has 0 aromatic heterocycles. The summed E-state index contributed by atoms with van der Waals surface area (Å²) >= 11 is 0. The minimum absolute atomic E-state index is 0.601. The monoisotopic (exact) mass is 271 g/mol. The molecule has 0 aromatic carbocycles. The van der Waals surface area contributed by atoms with Crippen molar-refractivity contribution in [3.63, 3.8) is 0 Å². The van der Waals surface area contributed by atoms with Crippen LogP contribution in [0, 0.1) is 5.92 Å². The Labute approximate surface area is 124 Å². The summed E-state index contributed by atoms with van der Waals surface area (Å²) in [6.07, 6.45) is 16.8. The van der Waals surface area contributed by atoms with Crippen molar-refractivity contribution in [3.8, 4) is 0 Å². The fraction of sp³-hybridized carbons (Fsp3) is 0.474. The van der Waals surface area contributed by atoms with Crippen LogP contribution in [0.1, 0.15) is 47.0 Å². The summed E-state index contributed by atoms with van der Waals surface area (Å²) in [6, 6.07) is 0. The van der Waals surface area contributed by atoms with Gasteiger partial charge in [-0.25, -0.2) is 0 Å². The van der Waals surface area contributed by atoms with Gasteiger partial charge < -0.3 is 5.73 Å². The lowest BCUT2D eigenvalue weighted by atomic mass is 9.84. The van der Waals surface area contributed by atoms with Crippen molar-refractivity contribution in [3.05, 3.63) is 58.7 Å². The predicted octanol–water partition coefficient (Wildman–Crippen LogP) is 5.09. The number of hydrogen-bond donors (Lipinski definition) is 1. The highest BCUT2D eigenvalue weighted by molar-refractivity contribution is 5.34. The zero-order chi connectivity index (χ0) is 15.0. The van der Waals surface area contributed by atoms with Crippen LogP contribution in [0.2, 0.25) is 0 Å². The van der Waals surface area contributed by atoms with Crippen LogP contribution in [0.5, 0.6) is 0 Å². The molecule has 2 N–H and O–H groups in total. The molecule has 1 nitrogen and oxygen atoms in total. The van der Waals surface area contributed by atoms with E-state index in [0.717, 1.165) is 0 Å². The first-order chi connectivity index (χ1) is 9.54. The van der Waals surface area contributed by atoms with Gasteiger partial charge in [0.2, 0.25) is 0 Å². The number of hydrogen-bond acceptors (Lipinski definition) is 1. The van der Waals surface area contributed by atoms with E-state index in [1.807, 2.05) is 6.08 Å². The van der Waals surface area contributed by atoms with Crippen molar-refractivity contribution in [1.29, 1.82) is 0 Å². The number of allylic oxidation sites excluding steroid dienone is 9. The van der Waals surface area contributed by atoms with Crippen molar-refractivity contribution in [2.75, 3.05) is 6.54 Å². The lowest BCUT2D eigenvalue weighted by Crippen LogP contribution is -2.06. The molecule has 0 heterocycles. The van der Waals surface area contributed by atoms with Crippen LogP contribution < -0.4 is 5.73 Å². The van der Waals surface area contributed by atoms with Gasteiger partial charge >= 0.3 is 0 Å². The first kappa shape index (κ1) is 16.7. The van der Waals surface area contributed by atoms with Gasteiger partial charge in [-0.3, -0.25) is 0 Å².